The molecule has 0 spiro atoms. The molecule has 2 rings (SSSR count). The minimum Gasteiger partial charge on any atom is -0.494 e. The Morgan fingerprint density at radius 1 is 1.24 bits per heavy atom. The summed E-state index contributed by atoms with van der Waals surface area (Å²) in [5, 5.41) is 3.92. The maximum atomic E-state index is 13.7. The molecule has 7 heteroatoms. The fourth-order valence-electron chi connectivity index (χ4n) is 2.18. The molecule has 0 atom stereocenters. The van der Waals surface area contributed by atoms with Crippen LogP contribution < -0.4 is 4.74 Å². The summed E-state index contributed by atoms with van der Waals surface area (Å²) in [6.45, 7) is -0.107. The number of carbonyl (C=O) groups excluding carboxylic acids is 2. The van der Waals surface area contributed by atoms with Crippen molar-refractivity contribution in [2.75, 3.05) is 20.8 Å². The average Bonchev–Trinajstić information content (AvgIpc) is 3.11. The molecular formula is C18H20FNO4S. The Bertz CT molecular complexity index is 718. The fraction of sp³-hybridized carbons (Fsp3) is 0.333. The lowest BCUT2D eigenvalue weighted by Crippen LogP contribution is -2.30. The molecule has 0 aliphatic carbocycles. The molecule has 0 fully saturated rings. The van der Waals surface area contributed by atoms with E-state index in [-0.39, 0.29) is 31.2 Å². The number of hydrogen-bond acceptors (Lipinski definition) is 5. The summed E-state index contributed by atoms with van der Waals surface area (Å²) in [5.41, 5.74) is 1.70. The van der Waals surface area contributed by atoms with Crippen molar-refractivity contribution in [2.24, 2.45) is 0 Å². The second-order valence-electron chi connectivity index (χ2n) is 5.51. The van der Waals surface area contributed by atoms with Gasteiger partial charge in [-0.3, -0.25) is 9.59 Å². The highest BCUT2D eigenvalue weighted by Crippen LogP contribution is 2.18. The third-order valence-electron chi connectivity index (χ3n) is 3.62. The van der Waals surface area contributed by atoms with Crippen LogP contribution in [0.3, 0.4) is 0 Å². The molecule has 0 aliphatic rings. The summed E-state index contributed by atoms with van der Waals surface area (Å²) in [6.07, 6.45) is 0.828. The lowest BCUT2D eigenvalue weighted by atomic mass is 10.2. The van der Waals surface area contributed by atoms with Crippen LogP contribution in [-0.2, 0) is 27.3 Å². The van der Waals surface area contributed by atoms with Crippen LogP contribution in [-0.4, -0.2) is 37.5 Å². The van der Waals surface area contributed by atoms with Gasteiger partial charge >= 0.3 is 5.97 Å². The van der Waals surface area contributed by atoms with Crippen molar-refractivity contribution in [3.05, 3.63) is 52.0 Å². The minimum atomic E-state index is -0.485. The smallest absolute Gasteiger partial charge is 0.306 e. The van der Waals surface area contributed by atoms with Gasteiger partial charge in [-0.2, -0.15) is 11.3 Å². The van der Waals surface area contributed by atoms with Crippen LogP contribution in [0.25, 0.3) is 0 Å². The number of amides is 1. The van der Waals surface area contributed by atoms with E-state index in [4.69, 9.17) is 9.47 Å². The van der Waals surface area contributed by atoms with Crippen molar-refractivity contribution >= 4 is 23.2 Å². The molecule has 1 aromatic carbocycles. The summed E-state index contributed by atoms with van der Waals surface area (Å²) in [6, 6.07) is 6.45. The van der Waals surface area contributed by atoms with Crippen LogP contribution >= 0.6 is 11.3 Å². The van der Waals surface area contributed by atoms with Gasteiger partial charge in [-0.15, -0.1) is 0 Å². The van der Waals surface area contributed by atoms with Gasteiger partial charge in [0.25, 0.3) is 5.91 Å². The zero-order valence-electron chi connectivity index (χ0n) is 14.2. The molecule has 5 nitrogen and oxygen atoms in total. The number of hydrogen-bond donors (Lipinski definition) is 0. The molecule has 0 aliphatic heterocycles. The van der Waals surface area contributed by atoms with Crippen LogP contribution in [0.1, 0.15) is 17.5 Å². The van der Waals surface area contributed by atoms with Crippen molar-refractivity contribution in [3.8, 4) is 5.75 Å². The Kier molecular flexibility index (Phi) is 6.94. The lowest BCUT2D eigenvalue weighted by Gasteiger charge is -2.17. The molecule has 0 radical (unpaired) electrons. The lowest BCUT2D eigenvalue weighted by molar-refractivity contribution is -0.151. The Balaban J connectivity index is 1.75. The number of ether oxygens (including phenoxy) is 2. The Hall–Kier alpha value is -2.41. The van der Waals surface area contributed by atoms with E-state index >= 15 is 0 Å². The number of likely N-dealkylation sites (N-methyl/N-ethyl adjacent to an activating group) is 1. The minimum absolute atomic E-state index is 0.150. The molecule has 0 unspecified atom stereocenters. The third kappa shape index (κ3) is 5.86. The predicted molar refractivity (Wildman–Crippen MR) is 93.0 cm³/mol. The molecule has 25 heavy (non-hydrogen) atoms. The standard InChI is InChI=1S/C18H20FNO4S/c1-20(10-14-3-5-16(23-2)15(19)9-14)17(21)11-24-18(22)6-4-13-7-8-25-12-13/h3,5,7-9,12H,4,6,10-11H2,1-2H3. The number of esters is 1. The second kappa shape index (κ2) is 9.17. The zero-order valence-corrected chi connectivity index (χ0v) is 15.0. The molecule has 1 aromatic heterocycles. The SMILES string of the molecule is COc1ccc(CN(C)C(=O)COC(=O)CCc2ccsc2)cc1F. The van der Waals surface area contributed by atoms with Gasteiger partial charge in [-0.05, 0) is 46.5 Å². The first-order chi connectivity index (χ1) is 12.0. The molecule has 1 heterocycles. The van der Waals surface area contributed by atoms with Gasteiger partial charge in [0.05, 0.1) is 7.11 Å². The second-order valence-corrected chi connectivity index (χ2v) is 6.29. The summed E-state index contributed by atoms with van der Waals surface area (Å²) < 4.78 is 23.5. The highest BCUT2D eigenvalue weighted by Gasteiger charge is 2.14. The quantitative estimate of drug-likeness (QED) is 0.675. The number of carbonyl (C=O) groups is 2. The number of methoxy groups -OCH3 is 1. The first kappa shape index (κ1) is 18.9. The normalized spacial score (nSPS) is 10.4. The van der Waals surface area contributed by atoms with Gasteiger partial charge in [0.1, 0.15) is 0 Å². The first-order valence-corrected chi connectivity index (χ1v) is 8.67. The van der Waals surface area contributed by atoms with Gasteiger partial charge < -0.3 is 14.4 Å². The van der Waals surface area contributed by atoms with Crippen molar-refractivity contribution in [1.29, 1.82) is 0 Å². The Morgan fingerprint density at radius 3 is 2.68 bits per heavy atom. The highest BCUT2D eigenvalue weighted by atomic mass is 32.1. The van der Waals surface area contributed by atoms with Gasteiger partial charge in [-0.1, -0.05) is 6.07 Å². The highest BCUT2D eigenvalue weighted by molar-refractivity contribution is 7.07. The summed E-state index contributed by atoms with van der Waals surface area (Å²) >= 11 is 1.57. The molecule has 134 valence electrons. The number of aryl methyl sites for hydroxylation is 1. The number of thiophene rings is 1. The summed E-state index contributed by atoms with van der Waals surface area (Å²) in [5.74, 6) is -1.10. The predicted octanol–water partition coefficient (Wildman–Crippen LogP) is 3.03. The van der Waals surface area contributed by atoms with E-state index < -0.39 is 11.8 Å². The van der Waals surface area contributed by atoms with E-state index in [0.29, 0.717) is 12.0 Å². The van der Waals surface area contributed by atoms with Gasteiger partial charge in [0.15, 0.2) is 18.2 Å². The summed E-state index contributed by atoms with van der Waals surface area (Å²) in [4.78, 5) is 25.1. The van der Waals surface area contributed by atoms with E-state index in [0.717, 1.165) is 5.56 Å². The topological polar surface area (TPSA) is 55.8 Å². The molecule has 0 N–H and O–H groups in total. The average molecular weight is 365 g/mol. The summed E-state index contributed by atoms with van der Waals surface area (Å²) in [7, 11) is 2.96. The van der Waals surface area contributed by atoms with Crippen LogP contribution in [0.2, 0.25) is 0 Å². The van der Waals surface area contributed by atoms with Crippen molar-refractivity contribution in [3.63, 3.8) is 0 Å². The zero-order chi connectivity index (χ0) is 18.2. The molecule has 2 aromatic rings. The first-order valence-electron chi connectivity index (χ1n) is 7.72. The monoisotopic (exact) mass is 365 g/mol. The van der Waals surface area contributed by atoms with Gasteiger partial charge in [0, 0.05) is 20.0 Å². The Labute approximate surface area is 150 Å². The largest absolute Gasteiger partial charge is 0.494 e. The molecule has 0 bridgehead atoms. The number of nitrogens with zero attached hydrogens (tertiary/aromatic N) is 1. The molecular weight excluding hydrogens is 345 g/mol. The molecule has 1 amide bonds. The van der Waals surface area contributed by atoms with Crippen LogP contribution in [0.5, 0.6) is 5.75 Å². The van der Waals surface area contributed by atoms with Crippen LogP contribution in [0, 0.1) is 5.82 Å². The van der Waals surface area contributed by atoms with E-state index in [2.05, 4.69) is 0 Å². The maximum absolute atomic E-state index is 13.7. The van der Waals surface area contributed by atoms with E-state index in [9.17, 15) is 14.0 Å². The van der Waals surface area contributed by atoms with E-state index in [1.165, 1.54) is 24.1 Å². The molecule has 0 saturated heterocycles. The van der Waals surface area contributed by atoms with Gasteiger partial charge in [-0.25, -0.2) is 4.39 Å². The van der Waals surface area contributed by atoms with Crippen molar-refractivity contribution in [1.82, 2.24) is 4.90 Å². The number of rotatable bonds is 8. The fourth-order valence-corrected chi connectivity index (χ4v) is 2.88. The van der Waals surface area contributed by atoms with E-state index in [1.54, 1.807) is 24.5 Å². The van der Waals surface area contributed by atoms with Crippen molar-refractivity contribution in [2.45, 2.75) is 19.4 Å². The number of halogens is 1. The third-order valence-corrected chi connectivity index (χ3v) is 4.35. The van der Waals surface area contributed by atoms with E-state index in [1.807, 2.05) is 16.8 Å². The number of benzene rings is 1. The van der Waals surface area contributed by atoms with Gasteiger partial charge in [0.2, 0.25) is 0 Å². The van der Waals surface area contributed by atoms with Crippen molar-refractivity contribution < 1.29 is 23.5 Å². The molecule has 0 saturated carbocycles. The Morgan fingerprint density at radius 2 is 2.04 bits per heavy atom. The van der Waals surface area contributed by atoms with Crippen LogP contribution in [0.15, 0.2) is 35.0 Å². The maximum Gasteiger partial charge on any atom is 0.306 e. The van der Waals surface area contributed by atoms with Crippen LogP contribution in [0.4, 0.5) is 4.39 Å².